The van der Waals surface area contributed by atoms with E-state index in [2.05, 4.69) is 10.3 Å². The van der Waals surface area contributed by atoms with E-state index in [1.165, 1.54) is 0 Å². The number of nitrogens with one attached hydrogen (secondary N) is 1. The quantitative estimate of drug-likeness (QED) is 0.767. The van der Waals surface area contributed by atoms with Gasteiger partial charge in [-0.05, 0) is 11.6 Å². The summed E-state index contributed by atoms with van der Waals surface area (Å²) in [6.07, 6.45) is 0. The van der Waals surface area contributed by atoms with Crippen molar-refractivity contribution in [3.63, 3.8) is 0 Å². The molecule has 0 saturated carbocycles. The molecule has 2 nitrogen and oxygen atoms in total. The van der Waals surface area contributed by atoms with Gasteiger partial charge in [0.15, 0.2) is 0 Å². The molecule has 13 heavy (non-hydrogen) atoms. The number of hydroxylamine groups is 1. The van der Waals surface area contributed by atoms with E-state index in [1.54, 1.807) is 24.3 Å². The molecular weight excluding hydrogens is 200 g/mol. The summed E-state index contributed by atoms with van der Waals surface area (Å²) < 4.78 is 23.0. The Morgan fingerprint density at radius 1 is 1.38 bits per heavy atom. The van der Waals surface area contributed by atoms with Gasteiger partial charge in [0.05, 0.1) is 0 Å². The third kappa shape index (κ3) is 3.67. The van der Waals surface area contributed by atoms with Gasteiger partial charge in [-0.1, -0.05) is 29.8 Å². The second-order valence-electron chi connectivity index (χ2n) is 2.29. The molecule has 0 saturated heterocycles. The summed E-state index contributed by atoms with van der Waals surface area (Å²) in [5.41, 5.74) is 2.82. The van der Waals surface area contributed by atoms with Crippen molar-refractivity contribution >= 4 is 11.6 Å². The molecule has 0 radical (unpaired) electrons. The summed E-state index contributed by atoms with van der Waals surface area (Å²) in [6.45, 7) is -2.66. The van der Waals surface area contributed by atoms with Crippen LogP contribution in [0.1, 0.15) is 5.56 Å². The van der Waals surface area contributed by atoms with Crippen molar-refractivity contribution in [1.82, 2.24) is 5.48 Å². The number of hydrogen-bond donors (Lipinski definition) is 1. The van der Waals surface area contributed by atoms with Gasteiger partial charge in [0.2, 0.25) is 0 Å². The Balaban J connectivity index is 2.41. The van der Waals surface area contributed by atoms with E-state index in [9.17, 15) is 8.78 Å². The first-order valence-corrected chi connectivity index (χ1v) is 3.98. The first-order chi connectivity index (χ1) is 6.20. The molecule has 0 aliphatic carbocycles. The fraction of sp³-hybridized carbons (Fsp3) is 0.250. The van der Waals surface area contributed by atoms with Crippen molar-refractivity contribution in [2.45, 2.75) is 13.2 Å². The maximum absolute atomic E-state index is 11.5. The van der Waals surface area contributed by atoms with E-state index in [0.717, 1.165) is 0 Å². The monoisotopic (exact) mass is 207 g/mol. The van der Waals surface area contributed by atoms with Crippen molar-refractivity contribution in [2.24, 2.45) is 0 Å². The molecule has 1 rings (SSSR count). The number of alkyl halides is 2. The normalized spacial score (nSPS) is 10.8. The molecule has 0 spiro atoms. The Morgan fingerprint density at radius 2 is 2.08 bits per heavy atom. The SMILES string of the molecule is FC(F)ONCc1ccccc1Cl. The summed E-state index contributed by atoms with van der Waals surface area (Å²) in [5, 5.41) is 0.521. The van der Waals surface area contributed by atoms with Gasteiger partial charge in [0.25, 0.3) is 0 Å². The van der Waals surface area contributed by atoms with Crippen LogP contribution in [0, 0.1) is 0 Å². The Morgan fingerprint density at radius 3 is 2.69 bits per heavy atom. The molecule has 0 aliphatic rings. The topological polar surface area (TPSA) is 21.3 Å². The third-order valence-electron chi connectivity index (χ3n) is 1.39. The maximum atomic E-state index is 11.5. The average Bonchev–Trinajstić information content (AvgIpc) is 2.08. The van der Waals surface area contributed by atoms with Gasteiger partial charge in [-0.3, -0.25) is 0 Å². The zero-order valence-corrected chi connectivity index (χ0v) is 7.39. The molecule has 1 aromatic rings. The van der Waals surface area contributed by atoms with Gasteiger partial charge in [-0.2, -0.15) is 14.3 Å². The van der Waals surface area contributed by atoms with Crippen LogP contribution < -0.4 is 5.48 Å². The smallest absolute Gasteiger partial charge is 0.234 e. The highest BCUT2D eigenvalue weighted by Gasteiger charge is 2.02. The molecule has 0 fully saturated rings. The molecular formula is C8H8ClF2NO. The van der Waals surface area contributed by atoms with Crippen molar-refractivity contribution in [3.8, 4) is 0 Å². The maximum Gasteiger partial charge on any atom is 0.360 e. The Bertz CT molecular complexity index is 270. The van der Waals surface area contributed by atoms with Crippen LogP contribution in [0.3, 0.4) is 0 Å². The van der Waals surface area contributed by atoms with Gasteiger partial charge in [-0.15, -0.1) is 0 Å². The predicted molar refractivity (Wildman–Crippen MR) is 45.4 cm³/mol. The van der Waals surface area contributed by atoms with Crippen LogP contribution in [-0.4, -0.2) is 6.61 Å². The van der Waals surface area contributed by atoms with E-state index in [4.69, 9.17) is 11.6 Å². The van der Waals surface area contributed by atoms with Crippen LogP contribution >= 0.6 is 11.6 Å². The van der Waals surface area contributed by atoms with E-state index in [1.807, 2.05) is 0 Å². The van der Waals surface area contributed by atoms with Crippen molar-refractivity contribution in [3.05, 3.63) is 34.9 Å². The average molecular weight is 208 g/mol. The third-order valence-corrected chi connectivity index (χ3v) is 1.76. The van der Waals surface area contributed by atoms with Gasteiger partial charge < -0.3 is 0 Å². The molecule has 0 aromatic heterocycles. The minimum absolute atomic E-state index is 0.157. The van der Waals surface area contributed by atoms with Crippen LogP contribution in [-0.2, 0) is 11.4 Å². The van der Waals surface area contributed by atoms with Crippen molar-refractivity contribution in [1.29, 1.82) is 0 Å². The zero-order chi connectivity index (χ0) is 9.68. The number of benzene rings is 1. The first-order valence-electron chi connectivity index (χ1n) is 3.60. The van der Waals surface area contributed by atoms with E-state index in [-0.39, 0.29) is 6.54 Å². The lowest BCUT2D eigenvalue weighted by Gasteiger charge is -2.05. The number of rotatable bonds is 4. The van der Waals surface area contributed by atoms with Gasteiger partial charge in [0, 0.05) is 11.6 Å². The highest BCUT2D eigenvalue weighted by molar-refractivity contribution is 6.31. The Kier molecular flexibility index (Phi) is 4.08. The number of halogens is 3. The molecule has 0 amide bonds. The Hall–Kier alpha value is -0.710. The first kappa shape index (κ1) is 10.4. The fourth-order valence-electron chi connectivity index (χ4n) is 0.824. The molecule has 72 valence electrons. The highest BCUT2D eigenvalue weighted by Crippen LogP contribution is 2.14. The van der Waals surface area contributed by atoms with Gasteiger partial charge >= 0.3 is 6.61 Å². The molecule has 0 heterocycles. The largest absolute Gasteiger partial charge is 0.360 e. The number of hydrogen-bond acceptors (Lipinski definition) is 2. The molecule has 1 N–H and O–H groups in total. The molecule has 0 atom stereocenters. The summed E-state index contributed by atoms with van der Waals surface area (Å²) in [7, 11) is 0. The summed E-state index contributed by atoms with van der Waals surface area (Å²) in [5.74, 6) is 0. The summed E-state index contributed by atoms with van der Waals surface area (Å²) in [4.78, 5) is 3.86. The van der Waals surface area contributed by atoms with Gasteiger partial charge in [0.1, 0.15) is 0 Å². The van der Waals surface area contributed by atoms with Crippen molar-refractivity contribution < 1.29 is 13.6 Å². The minimum atomic E-state index is -2.82. The highest BCUT2D eigenvalue weighted by atomic mass is 35.5. The van der Waals surface area contributed by atoms with E-state index in [0.29, 0.717) is 10.6 Å². The second-order valence-corrected chi connectivity index (χ2v) is 2.70. The van der Waals surface area contributed by atoms with Crippen LogP contribution in [0.2, 0.25) is 5.02 Å². The van der Waals surface area contributed by atoms with Crippen LogP contribution in [0.4, 0.5) is 8.78 Å². The molecule has 0 aliphatic heterocycles. The lowest BCUT2D eigenvalue weighted by Crippen LogP contribution is -2.17. The lowest BCUT2D eigenvalue weighted by atomic mass is 10.2. The molecule has 5 heteroatoms. The minimum Gasteiger partial charge on any atom is -0.234 e. The van der Waals surface area contributed by atoms with Crippen molar-refractivity contribution in [2.75, 3.05) is 0 Å². The molecule has 1 aromatic carbocycles. The second kappa shape index (κ2) is 5.11. The molecule has 0 bridgehead atoms. The zero-order valence-electron chi connectivity index (χ0n) is 6.64. The predicted octanol–water partition coefficient (Wildman–Crippen LogP) is 2.58. The Labute approximate surface area is 79.4 Å². The van der Waals surface area contributed by atoms with Crippen LogP contribution in [0.15, 0.2) is 24.3 Å². The standard InChI is InChI=1S/C8H8ClF2NO/c9-7-4-2-1-3-6(7)5-12-13-8(10)11/h1-4,8,12H,5H2. The lowest BCUT2D eigenvalue weighted by molar-refractivity contribution is -0.175. The summed E-state index contributed by atoms with van der Waals surface area (Å²) >= 11 is 5.76. The molecule has 0 unspecified atom stereocenters. The van der Waals surface area contributed by atoms with Crippen LogP contribution in [0.25, 0.3) is 0 Å². The van der Waals surface area contributed by atoms with Crippen LogP contribution in [0.5, 0.6) is 0 Å². The fourth-order valence-corrected chi connectivity index (χ4v) is 1.03. The van der Waals surface area contributed by atoms with E-state index >= 15 is 0 Å². The van der Waals surface area contributed by atoms with Gasteiger partial charge in [-0.25, -0.2) is 4.84 Å². The summed E-state index contributed by atoms with van der Waals surface area (Å²) in [6, 6.07) is 6.94. The van der Waals surface area contributed by atoms with E-state index < -0.39 is 6.61 Å².